The predicted molar refractivity (Wildman–Crippen MR) is 121 cm³/mol. The lowest BCUT2D eigenvalue weighted by molar-refractivity contribution is 0.0747. The molecule has 0 aliphatic carbocycles. The molecule has 0 saturated carbocycles. The van der Waals surface area contributed by atoms with E-state index in [9.17, 15) is 17.6 Å². The number of carbonyl (C=O) groups is 1. The molecule has 4 rings (SSSR count). The van der Waals surface area contributed by atoms with Gasteiger partial charge in [-0.15, -0.1) is 0 Å². The van der Waals surface area contributed by atoms with Gasteiger partial charge in [0, 0.05) is 55.5 Å². The maximum Gasteiger partial charge on any atom is 0.261 e. The first-order chi connectivity index (χ1) is 15.3. The molecular weight excluding hydrogens is 431 g/mol. The van der Waals surface area contributed by atoms with Gasteiger partial charge < -0.3 is 9.80 Å². The normalized spacial score (nSPS) is 14.3. The Labute approximate surface area is 186 Å². The molecule has 32 heavy (non-hydrogen) atoms. The molecule has 1 aromatic heterocycles. The highest BCUT2D eigenvalue weighted by atomic mass is 32.2. The summed E-state index contributed by atoms with van der Waals surface area (Å²) in [6.45, 7) is 4.06. The first-order valence-electron chi connectivity index (χ1n) is 10.2. The molecule has 1 fully saturated rings. The summed E-state index contributed by atoms with van der Waals surface area (Å²) < 4.78 is 41.5. The summed E-state index contributed by atoms with van der Waals surface area (Å²) in [4.78, 5) is 20.8. The van der Waals surface area contributed by atoms with Crippen LogP contribution in [0.1, 0.15) is 15.9 Å². The fraction of sp³-hybridized carbons (Fsp3) is 0.217. The molecule has 1 saturated heterocycles. The van der Waals surface area contributed by atoms with Crippen LogP contribution in [0.4, 0.5) is 15.8 Å². The average Bonchev–Trinajstić information content (AvgIpc) is 2.81. The summed E-state index contributed by atoms with van der Waals surface area (Å²) in [5, 5.41) is 0. The molecule has 0 bridgehead atoms. The van der Waals surface area contributed by atoms with Gasteiger partial charge >= 0.3 is 0 Å². The number of piperazine rings is 1. The van der Waals surface area contributed by atoms with Crippen LogP contribution >= 0.6 is 0 Å². The summed E-state index contributed by atoms with van der Waals surface area (Å²) in [6, 6.07) is 13.9. The van der Waals surface area contributed by atoms with E-state index in [1.807, 2.05) is 12.1 Å². The van der Waals surface area contributed by atoms with Gasteiger partial charge in [0.25, 0.3) is 15.9 Å². The molecule has 2 aromatic carbocycles. The highest BCUT2D eigenvalue weighted by Gasteiger charge is 2.23. The Morgan fingerprint density at radius 1 is 1.00 bits per heavy atom. The van der Waals surface area contributed by atoms with Crippen LogP contribution in [0.15, 0.2) is 71.9 Å². The van der Waals surface area contributed by atoms with Crippen LogP contribution in [-0.2, 0) is 10.0 Å². The minimum Gasteiger partial charge on any atom is -0.368 e. The fourth-order valence-electron chi connectivity index (χ4n) is 3.58. The van der Waals surface area contributed by atoms with Gasteiger partial charge in [0.05, 0.1) is 4.90 Å². The van der Waals surface area contributed by atoms with Crippen LogP contribution in [-0.4, -0.2) is 50.4 Å². The van der Waals surface area contributed by atoms with Crippen molar-refractivity contribution in [1.82, 2.24) is 9.88 Å². The number of nitrogens with one attached hydrogen (secondary N) is 1. The topological polar surface area (TPSA) is 82.6 Å². The van der Waals surface area contributed by atoms with Gasteiger partial charge in [-0.2, -0.15) is 0 Å². The highest BCUT2D eigenvalue weighted by Crippen LogP contribution is 2.21. The molecular formula is C23H23FN4O3S. The Morgan fingerprint density at radius 3 is 2.41 bits per heavy atom. The largest absolute Gasteiger partial charge is 0.368 e. The van der Waals surface area contributed by atoms with Gasteiger partial charge in [0.1, 0.15) is 5.82 Å². The van der Waals surface area contributed by atoms with E-state index in [0.29, 0.717) is 37.3 Å². The number of aryl methyl sites for hydroxylation is 1. The fourth-order valence-corrected chi connectivity index (χ4v) is 4.64. The summed E-state index contributed by atoms with van der Waals surface area (Å²) in [7, 11) is -3.98. The number of aromatic nitrogens is 1. The molecule has 1 aliphatic rings. The van der Waals surface area contributed by atoms with Gasteiger partial charge in [0.15, 0.2) is 0 Å². The van der Waals surface area contributed by atoms with E-state index < -0.39 is 15.8 Å². The Kier molecular flexibility index (Phi) is 6.09. The number of pyridine rings is 1. The van der Waals surface area contributed by atoms with Crippen molar-refractivity contribution < 1.29 is 17.6 Å². The van der Waals surface area contributed by atoms with Crippen LogP contribution in [0, 0.1) is 12.7 Å². The van der Waals surface area contributed by atoms with Crippen molar-refractivity contribution in [2.24, 2.45) is 0 Å². The van der Waals surface area contributed by atoms with Gasteiger partial charge in [0.2, 0.25) is 0 Å². The lowest BCUT2D eigenvalue weighted by Crippen LogP contribution is -2.48. The van der Waals surface area contributed by atoms with Gasteiger partial charge in [-0.1, -0.05) is 12.1 Å². The van der Waals surface area contributed by atoms with Crippen molar-refractivity contribution >= 4 is 27.3 Å². The molecule has 166 valence electrons. The number of anilines is 2. The number of sulfonamides is 1. The second-order valence-electron chi connectivity index (χ2n) is 7.58. The van der Waals surface area contributed by atoms with Crippen molar-refractivity contribution in [1.29, 1.82) is 0 Å². The van der Waals surface area contributed by atoms with Gasteiger partial charge in [-0.05, 0) is 55.0 Å². The predicted octanol–water partition coefficient (Wildman–Crippen LogP) is 3.29. The quantitative estimate of drug-likeness (QED) is 0.640. The molecule has 0 atom stereocenters. The minimum absolute atomic E-state index is 0.165. The second-order valence-corrected chi connectivity index (χ2v) is 9.26. The molecule has 3 aromatic rings. The Bertz CT molecular complexity index is 1230. The lowest BCUT2D eigenvalue weighted by atomic mass is 10.1. The third-order valence-corrected chi connectivity index (χ3v) is 6.79. The number of rotatable bonds is 5. The second kappa shape index (κ2) is 8.96. The van der Waals surface area contributed by atoms with E-state index in [2.05, 4.69) is 14.6 Å². The molecule has 9 heteroatoms. The zero-order valence-electron chi connectivity index (χ0n) is 17.5. The van der Waals surface area contributed by atoms with E-state index in [1.54, 1.807) is 42.4 Å². The van der Waals surface area contributed by atoms with E-state index >= 15 is 0 Å². The number of nitrogens with zero attached hydrogens (tertiary/aromatic N) is 3. The van der Waals surface area contributed by atoms with Crippen molar-refractivity contribution in [3.63, 3.8) is 0 Å². The smallest absolute Gasteiger partial charge is 0.261 e. The summed E-state index contributed by atoms with van der Waals surface area (Å²) in [6.07, 6.45) is 3.48. The number of halogens is 1. The zero-order chi connectivity index (χ0) is 22.7. The third kappa shape index (κ3) is 4.72. The summed E-state index contributed by atoms with van der Waals surface area (Å²) in [5.74, 6) is -0.760. The van der Waals surface area contributed by atoms with Crippen LogP contribution in [0.25, 0.3) is 0 Å². The highest BCUT2D eigenvalue weighted by molar-refractivity contribution is 7.92. The molecule has 1 aliphatic heterocycles. The van der Waals surface area contributed by atoms with Gasteiger partial charge in [-0.25, -0.2) is 12.8 Å². The molecule has 0 unspecified atom stereocenters. The number of benzene rings is 2. The number of hydrogen-bond donors (Lipinski definition) is 1. The van der Waals surface area contributed by atoms with Gasteiger partial charge in [-0.3, -0.25) is 14.5 Å². The summed E-state index contributed by atoms with van der Waals surface area (Å²) >= 11 is 0. The van der Waals surface area contributed by atoms with Crippen molar-refractivity contribution in [2.45, 2.75) is 11.8 Å². The van der Waals surface area contributed by atoms with Crippen LogP contribution in [0.2, 0.25) is 0 Å². The molecule has 0 radical (unpaired) electrons. The first-order valence-corrected chi connectivity index (χ1v) is 11.6. The number of amides is 1. The molecule has 1 amide bonds. The van der Waals surface area contributed by atoms with Crippen molar-refractivity contribution in [2.75, 3.05) is 35.8 Å². The Balaban J connectivity index is 1.44. The molecule has 1 N–H and O–H groups in total. The average molecular weight is 455 g/mol. The Morgan fingerprint density at radius 2 is 1.72 bits per heavy atom. The maximum absolute atomic E-state index is 13.8. The minimum atomic E-state index is -3.98. The lowest BCUT2D eigenvalue weighted by Gasteiger charge is -2.36. The van der Waals surface area contributed by atoms with E-state index in [-0.39, 0.29) is 16.5 Å². The zero-order valence-corrected chi connectivity index (χ0v) is 18.3. The van der Waals surface area contributed by atoms with Crippen LogP contribution in [0.3, 0.4) is 0 Å². The summed E-state index contributed by atoms with van der Waals surface area (Å²) in [5.41, 5.74) is 2.06. The molecule has 7 nitrogen and oxygen atoms in total. The van der Waals surface area contributed by atoms with E-state index in [0.717, 1.165) is 11.8 Å². The van der Waals surface area contributed by atoms with E-state index in [4.69, 9.17) is 0 Å². The monoisotopic (exact) mass is 454 g/mol. The SMILES string of the molecule is Cc1ccc(S(=O)(=O)Nc2cccc(C(=O)N3CCN(c4ccncc4)CC3)c2)cc1F. The first kappa shape index (κ1) is 21.8. The number of carbonyl (C=O) groups excluding carboxylic acids is 1. The number of hydrogen-bond acceptors (Lipinski definition) is 5. The third-order valence-electron chi connectivity index (χ3n) is 5.41. The van der Waals surface area contributed by atoms with Crippen molar-refractivity contribution in [3.8, 4) is 0 Å². The maximum atomic E-state index is 13.8. The van der Waals surface area contributed by atoms with Crippen molar-refractivity contribution in [3.05, 3.63) is 83.9 Å². The molecule has 2 heterocycles. The van der Waals surface area contributed by atoms with E-state index in [1.165, 1.54) is 18.2 Å². The Hall–Kier alpha value is -3.46. The van der Waals surface area contributed by atoms with Crippen LogP contribution in [0.5, 0.6) is 0 Å². The standard InChI is InChI=1S/C23H23FN4O3S/c1-17-5-6-21(16-22(17)24)32(30,31)26-19-4-2-3-18(15-19)23(29)28-13-11-27(12-14-28)20-7-9-25-10-8-20/h2-10,15-16,26H,11-14H2,1H3. The molecule has 0 spiro atoms. The van der Waals surface area contributed by atoms with Crippen LogP contribution < -0.4 is 9.62 Å².